The van der Waals surface area contributed by atoms with E-state index in [2.05, 4.69) is 23.2 Å². The maximum atomic E-state index is 4.30. The molecule has 3 aromatic rings. The molecule has 0 N–H and O–H groups in total. The van der Waals surface area contributed by atoms with Gasteiger partial charge in [0.05, 0.1) is 11.9 Å². The van der Waals surface area contributed by atoms with E-state index in [0.29, 0.717) is 0 Å². The molecular formula is C13H9N2. The molecule has 71 valence electrons. The maximum Gasteiger partial charge on any atom is 0.145 e. The summed E-state index contributed by atoms with van der Waals surface area (Å²) in [6, 6.07) is 17.2. The Kier molecular flexibility index (Phi) is 1.78. The van der Waals surface area contributed by atoms with Gasteiger partial charge in [-0.05, 0) is 12.1 Å². The van der Waals surface area contributed by atoms with Crippen LogP contribution < -0.4 is 0 Å². The molecule has 2 heteroatoms. The van der Waals surface area contributed by atoms with E-state index in [4.69, 9.17) is 0 Å². The van der Waals surface area contributed by atoms with Crippen molar-refractivity contribution in [3.05, 3.63) is 60.9 Å². The molecule has 1 aromatic carbocycles. The van der Waals surface area contributed by atoms with Crippen LogP contribution in [0.1, 0.15) is 0 Å². The molecule has 0 aliphatic rings. The van der Waals surface area contributed by atoms with Gasteiger partial charge in [-0.1, -0.05) is 30.3 Å². The maximum absolute atomic E-state index is 4.30. The van der Waals surface area contributed by atoms with Crippen LogP contribution in [0, 0.1) is 6.07 Å². The molecule has 1 radical (unpaired) electrons. The number of aromatic nitrogens is 2. The van der Waals surface area contributed by atoms with Crippen molar-refractivity contribution in [2.75, 3.05) is 0 Å². The lowest BCUT2D eigenvalue weighted by atomic mass is 10.2. The summed E-state index contributed by atoms with van der Waals surface area (Å²) in [7, 11) is 0. The molecule has 2 aromatic heterocycles. The van der Waals surface area contributed by atoms with Gasteiger partial charge in [0.2, 0.25) is 0 Å². The van der Waals surface area contributed by atoms with Crippen LogP contribution in [-0.4, -0.2) is 9.38 Å². The van der Waals surface area contributed by atoms with Gasteiger partial charge in [0.25, 0.3) is 0 Å². The van der Waals surface area contributed by atoms with Crippen molar-refractivity contribution >= 4 is 5.65 Å². The summed E-state index contributed by atoms with van der Waals surface area (Å²) in [5.74, 6) is 0. The van der Waals surface area contributed by atoms with Crippen LogP contribution in [-0.2, 0) is 0 Å². The quantitative estimate of drug-likeness (QED) is 0.581. The van der Waals surface area contributed by atoms with Crippen molar-refractivity contribution in [3.63, 3.8) is 0 Å². The zero-order valence-corrected chi connectivity index (χ0v) is 8.09. The number of nitrogens with zero attached hydrogens (tertiary/aromatic N) is 2. The molecule has 0 unspecified atom stereocenters. The number of fused-ring (bicyclic) bond motifs is 1. The third kappa shape index (κ3) is 1.31. The van der Waals surface area contributed by atoms with Crippen molar-refractivity contribution < 1.29 is 0 Å². The van der Waals surface area contributed by atoms with E-state index < -0.39 is 0 Å². The fourth-order valence-corrected chi connectivity index (χ4v) is 1.69. The Morgan fingerprint density at radius 3 is 2.80 bits per heavy atom. The summed E-state index contributed by atoms with van der Waals surface area (Å²) in [6.07, 6.45) is 3.88. The normalized spacial score (nSPS) is 10.7. The average molecular weight is 193 g/mol. The number of hydrogen-bond acceptors (Lipinski definition) is 1. The molecule has 0 atom stereocenters. The average Bonchev–Trinajstić information content (AvgIpc) is 2.74. The topological polar surface area (TPSA) is 17.3 Å². The number of hydrogen-bond donors (Lipinski definition) is 0. The first-order chi connectivity index (χ1) is 7.45. The molecule has 0 aliphatic heterocycles. The molecule has 0 bridgehead atoms. The molecule has 0 saturated heterocycles. The molecule has 2 heterocycles. The minimum atomic E-state index is 0.858. The van der Waals surface area contributed by atoms with Gasteiger partial charge in [-0.15, -0.1) is 0 Å². The first-order valence-corrected chi connectivity index (χ1v) is 4.84. The number of imidazole rings is 1. The fraction of sp³-hybridized carbons (Fsp3) is 0. The summed E-state index contributed by atoms with van der Waals surface area (Å²) in [5.41, 5.74) is 3.13. The van der Waals surface area contributed by atoms with Gasteiger partial charge in [-0.25, -0.2) is 4.98 Å². The third-order valence-corrected chi connectivity index (χ3v) is 2.41. The zero-order valence-electron chi connectivity index (χ0n) is 8.09. The van der Waals surface area contributed by atoms with E-state index in [1.54, 1.807) is 0 Å². The Hall–Kier alpha value is -2.09. The predicted molar refractivity (Wildman–Crippen MR) is 59.5 cm³/mol. The molecule has 0 aliphatic carbocycles. The van der Waals surface area contributed by atoms with Gasteiger partial charge in [-0.2, -0.15) is 0 Å². The van der Waals surface area contributed by atoms with E-state index in [-0.39, 0.29) is 0 Å². The van der Waals surface area contributed by atoms with Crippen LogP contribution in [0.3, 0.4) is 0 Å². The second-order valence-corrected chi connectivity index (χ2v) is 3.36. The van der Waals surface area contributed by atoms with E-state index in [1.165, 1.54) is 5.56 Å². The molecule has 15 heavy (non-hydrogen) atoms. The summed E-state index contributed by atoms with van der Waals surface area (Å²) in [4.78, 5) is 4.30. The van der Waals surface area contributed by atoms with Crippen LogP contribution in [0.4, 0.5) is 0 Å². The van der Waals surface area contributed by atoms with Crippen molar-refractivity contribution in [2.45, 2.75) is 0 Å². The predicted octanol–water partition coefficient (Wildman–Crippen LogP) is 2.80. The van der Waals surface area contributed by atoms with Gasteiger partial charge in [0.15, 0.2) is 0 Å². The van der Waals surface area contributed by atoms with E-state index >= 15 is 0 Å². The van der Waals surface area contributed by atoms with Crippen LogP contribution in [0.2, 0.25) is 0 Å². The monoisotopic (exact) mass is 193 g/mol. The molecule has 0 amide bonds. The zero-order chi connectivity index (χ0) is 10.1. The van der Waals surface area contributed by atoms with Crippen molar-refractivity contribution in [2.24, 2.45) is 0 Å². The third-order valence-electron chi connectivity index (χ3n) is 2.41. The van der Waals surface area contributed by atoms with Crippen molar-refractivity contribution in [1.82, 2.24) is 9.38 Å². The molecule has 3 rings (SSSR count). The number of pyridine rings is 1. The molecule has 0 fully saturated rings. The van der Waals surface area contributed by atoms with Gasteiger partial charge >= 0.3 is 0 Å². The minimum Gasteiger partial charge on any atom is -0.299 e. The largest absolute Gasteiger partial charge is 0.299 e. The second kappa shape index (κ2) is 3.24. The van der Waals surface area contributed by atoms with Crippen LogP contribution in [0.5, 0.6) is 0 Å². The lowest BCUT2D eigenvalue weighted by Gasteiger charge is -2.00. The summed E-state index contributed by atoms with van der Waals surface area (Å²) < 4.78 is 2.04. The van der Waals surface area contributed by atoms with Crippen molar-refractivity contribution in [3.8, 4) is 11.3 Å². The van der Waals surface area contributed by atoms with E-state index in [1.807, 2.05) is 47.1 Å². The van der Waals surface area contributed by atoms with E-state index in [0.717, 1.165) is 11.3 Å². The van der Waals surface area contributed by atoms with Crippen LogP contribution in [0.25, 0.3) is 16.9 Å². The van der Waals surface area contributed by atoms with Gasteiger partial charge < -0.3 is 0 Å². The van der Waals surface area contributed by atoms with Crippen LogP contribution in [0.15, 0.2) is 54.9 Å². The minimum absolute atomic E-state index is 0.858. The molecular weight excluding hydrogens is 184 g/mol. The Labute approximate surface area is 87.8 Å². The smallest absolute Gasteiger partial charge is 0.145 e. The summed E-state index contributed by atoms with van der Waals surface area (Å²) >= 11 is 0. The Morgan fingerprint density at radius 1 is 1.07 bits per heavy atom. The lowest BCUT2D eigenvalue weighted by molar-refractivity contribution is 1.19. The highest BCUT2D eigenvalue weighted by Gasteiger charge is 2.03. The van der Waals surface area contributed by atoms with Gasteiger partial charge in [-0.3, -0.25) is 4.40 Å². The van der Waals surface area contributed by atoms with Crippen molar-refractivity contribution in [1.29, 1.82) is 0 Å². The standard InChI is InChI=1S/C13H9N2/c1-2-6-11(7-3-1)12-10-14-13-8-4-5-9-15(12)13/h1-7,9-10H. The Morgan fingerprint density at radius 2 is 1.93 bits per heavy atom. The highest BCUT2D eigenvalue weighted by Crippen LogP contribution is 2.19. The number of rotatable bonds is 1. The lowest BCUT2D eigenvalue weighted by Crippen LogP contribution is -1.86. The summed E-state index contributed by atoms with van der Waals surface area (Å²) in [5, 5.41) is 0. The SMILES string of the molecule is [c]1cccn2c(-c3ccccc3)cnc12. The second-order valence-electron chi connectivity index (χ2n) is 3.36. The highest BCUT2D eigenvalue weighted by molar-refractivity contribution is 5.63. The summed E-state index contributed by atoms with van der Waals surface area (Å²) in [6.45, 7) is 0. The van der Waals surface area contributed by atoms with E-state index in [9.17, 15) is 0 Å². The molecule has 0 saturated carbocycles. The Balaban J connectivity index is 2.28. The fourth-order valence-electron chi connectivity index (χ4n) is 1.69. The Bertz CT molecular complexity index is 582. The molecule has 0 spiro atoms. The van der Waals surface area contributed by atoms with Gasteiger partial charge in [0, 0.05) is 17.8 Å². The first kappa shape index (κ1) is 8.24. The number of benzene rings is 1. The van der Waals surface area contributed by atoms with Crippen LogP contribution >= 0.6 is 0 Å². The molecule has 2 nitrogen and oxygen atoms in total. The first-order valence-electron chi connectivity index (χ1n) is 4.84. The highest BCUT2D eigenvalue weighted by atomic mass is 15.0. The van der Waals surface area contributed by atoms with Gasteiger partial charge in [0.1, 0.15) is 5.65 Å².